The van der Waals surface area contributed by atoms with Crippen molar-refractivity contribution in [3.05, 3.63) is 352 Å². The van der Waals surface area contributed by atoms with Crippen molar-refractivity contribution < 1.29 is 0 Å². The zero-order valence-corrected chi connectivity index (χ0v) is 52.7. The highest BCUT2D eigenvalue weighted by Gasteiger charge is 2.24. The van der Waals surface area contributed by atoms with Gasteiger partial charge >= 0.3 is 0 Å². The minimum atomic E-state index is 1.07. The van der Waals surface area contributed by atoms with Crippen molar-refractivity contribution in [2.24, 2.45) is 0 Å². The van der Waals surface area contributed by atoms with Gasteiger partial charge in [0.2, 0.25) is 0 Å². The quantitative estimate of drug-likeness (QED) is 0.102. The summed E-state index contributed by atoms with van der Waals surface area (Å²) in [5.74, 6) is 0. The van der Waals surface area contributed by atoms with Crippen LogP contribution in [0.3, 0.4) is 0 Å². The highest BCUT2D eigenvalue weighted by atomic mass is 32.1. The summed E-state index contributed by atoms with van der Waals surface area (Å²) in [4.78, 5) is 15.9. The van der Waals surface area contributed by atoms with Crippen molar-refractivity contribution in [3.63, 3.8) is 0 Å². The van der Waals surface area contributed by atoms with Gasteiger partial charge in [0.05, 0.1) is 0 Å². The normalized spacial score (nSPS) is 11.4. The summed E-state index contributed by atoms with van der Waals surface area (Å²) in [7, 11) is 0. The van der Waals surface area contributed by atoms with E-state index < -0.39 is 0 Å². The van der Waals surface area contributed by atoms with Crippen LogP contribution in [0.4, 0.5) is 34.1 Å². The van der Waals surface area contributed by atoms with E-state index in [-0.39, 0.29) is 0 Å². The Kier molecular flexibility index (Phi) is 14.6. The van der Waals surface area contributed by atoms with Crippen molar-refractivity contribution in [3.8, 4) is 87.6 Å². The van der Waals surface area contributed by atoms with Crippen LogP contribution >= 0.6 is 22.7 Å². The molecule has 0 saturated heterocycles. The lowest BCUT2D eigenvalue weighted by molar-refractivity contribution is 1.29. The molecule has 4 aromatic heterocycles. The van der Waals surface area contributed by atoms with Gasteiger partial charge in [-0.05, 0) is 185 Å². The molecule has 0 aliphatic heterocycles. The summed E-state index contributed by atoms with van der Waals surface area (Å²) in [6.07, 6.45) is 7.42. The third-order valence-corrected chi connectivity index (χ3v) is 20.5. The standard InChI is InChI=1S/C88H58N4S2/c1-5-17-63(18-6-1)85-79-47-45-73(57-81(79)93-87(85)67-21-9-3-10-22-67)91(69-37-29-59(30-38-69)61-49-53-89-54-50-61)71-41-33-65(34-42-71)83-75-25-13-15-27-77(75)84(78-28-16-14-26-76(78)83)66-35-43-72(44-36-66)92(70-39-31-60(32-40-70)62-51-55-90-56-52-62)74-46-48-80-82(58-74)94-88(68-23-11-4-12-24-68)86(80)64-19-7-2-8-20-64/h1-58H. The van der Waals surface area contributed by atoms with Crippen LogP contribution in [0.25, 0.3) is 129 Å². The Morgan fingerprint density at radius 2 is 0.447 bits per heavy atom. The predicted molar refractivity (Wildman–Crippen MR) is 401 cm³/mol. The van der Waals surface area contributed by atoms with Crippen LogP contribution in [0.2, 0.25) is 0 Å². The maximum Gasteiger partial charge on any atom is 0.0476 e. The Morgan fingerprint density at radius 3 is 0.766 bits per heavy atom. The summed E-state index contributed by atoms with van der Waals surface area (Å²) >= 11 is 3.72. The summed E-state index contributed by atoms with van der Waals surface area (Å²) in [6, 6.07) is 120. The first-order valence-electron chi connectivity index (χ1n) is 31.7. The Labute approximate surface area is 554 Å². The highest BCUT2D eigenvalue weighted by molar-refractivity contribution is 7.23. The van der Waals surface area contributed by atoms with E-state index in [0.29, 0.717) is 0 Å². The molecule has 4 heterocycles. The van der Waals surface area contributed by atoms with E-state index in [9.17, 15) is 0 Å². The SMILES string of the molecule is c1ccc(-c2sc3cc(N(c4ccc(-c5ccncc5)cc4)c4ccc(-c5c6ccccc6c(-c6ccc(N(c7ccc(-c8ccncc8)cc7)c7ccc8c(-c9ccccc9)c(-c9ccccc9)sc8c7)cc6)c6ccccc56)cc4)ccc3c2-c2ccccc2)cc1. The minimum Gasteiger partial charge on any atom is -0.310 e. The Balaban J connectivity index is 0.763. The zero-order valence-electron chi connectivity index (χ0n) is 51.1. The third-order valence-electron chi connectivity index (χ3n) is 18.1. The van der Waals surface area contributed by atoms with Crippen LogP contribution in [0.15, 0.2) is 352 Å². The molecule has 0 aliphatic carbocycles. The predicted octanol–water partition coefficient (Wildman–Crippen LogP) is 25.5. The molecule has 442 valence electrons. The maximum atomic E-state index is 4.29. The van der Waals surface area contributed by atoms with Crippen LogP contribution < -0.4 is 9.80 Å². The first-order chi connectivity index (χ1) is 46.6. The molecule has 4 nitrogen and oxygen atoms in total. The maximum absolute atomic E-state index is 4.29. The third kappa shape index (κ3) is 10.4. The summed E-state index contributed by atoms with van der Waals surface area (Å²) in [5, 5.41) is 7.30. The van der Waals surface area contributed by atoms with E-state index in [1.165, 1.54) is 96.0 Å². The van der Waals surface area contributed by atoms with Gasteiger partial charge in [-0.25, -0.2) is 0 Å². The topological polar surface area (TPSA) is 32.3 Å². The Bertz CT molecular complexity index is 5140. The molecule has 17 rings (SSSR count). The van der Waals surface area contributed by atoms with Crippen molar-refractivity contribution in [1.29, 1.82) is 0 Å². The van der Waals surface area contributed by atoms with Crippen molar-refractivity contribution in [2.75, 3.05) is 9.80 Å². The van der Waals surface area contributed by atoms with E-state index in [1.54, 1.807) is 0 Å². The summed E-state index contributed by atoms with van der Waals surface area (Å²) < 4.78 is 2.46. The molecular formula is C88H58N4S2. The van der Waals surface area contributed by atoms with Crippen LogP contribution in [0.5, 0.6) is 0 Å². The number of pyridine rings is 2. The number of anilines is 6. The van der Waals surface area contributed by atoms with Crippen molar-refractivity contribution in [2.45, 2.75) is 0 Å². The van der Waals surface area contributed by atoms with Gasteiger partial charge in [0.15, 0.2) is 0 Å². The number of thiophene rings is 2. The first kappa shape index (κ1) is 56.2. The molecule has 0 saturated carbocycles. The fourth-order valence-corrected chi connectivity index (χ4v) is 16.2. The van der Waals surface area contributed by atoms with Gasteiger partial charge < -0.3 is 9.80 Å². The van der Waals surface area contributed by atoms with Gasteiger partial charge in [-0.3, -0.25) is 9.97 Å². The van der Waals surface area contributed by atoms with Crippen LogP contribution in [0.1, 0.15) is 0 Å². The lowest BCUT2D eigenvalue weighted by atomic mass is 9.86. The average molecular weight is 1240 g/mol. The van der Waals surface area contributed by atoms with Crippen molar-refractivity contribution >= 4 is 98.5 Å². The van der Waals surface area contributed by atoms with E-state index in [2.05, 4.69) is 347 Å². The molecule has 6 heteroatoms. The average Bonchev–Trinajstić information content (AvgIpc) is 1.13. The molecule has 13 aromatic carbocycles. The second-order valence-electron chi connectivity index (χ2n) is 23.6. The molecule has 0 unspecified atom stereocenters. The molecule has 17 aromatic rings. The highest BCUT2D eigenvalue weighted by Crippen LogP contribution is 2.51. The van der Waals surface area contributed by atoms with Crippen molar-refractivity contribution in [1.82, 2.24) is 9.97 Å². The molecule has 0 aliphatic rings. The van der Waals surface area contributed by atoms with E-state index in [0.717, 1.165) is 67.5 Å². The van der Waals surface area contributed by atoms with Gasteiger partial charge in [-0.15, -0.1) is 22.7 Å². The summed E-state index contributed by atoms with van der Waals surface area (Å²) in [5.41, 5.74) is 23.1. The molecule has 0 bridgehead atoms. The number of rotatable bonds is 14. The van der Waals surface area contributed by atoms with Gasteiger partial charge in [0.25, 0.3) is 0 Å². The van der Waals surface area contributed by atoms with Gasteiger partial charge in [-0.1, -0.05) is 231 Å². The number of fused-ring (bicyclic) bond motifs is 4. The molecule has 0 radical (unpaired) electrons. The van der Waals surface area contributed by atoms with Gasteiger partial charge in [-0.2, -0.15) is 0 Å². The fourth-order valence-electron chi connectivity index (χ4n) is 13.7. The van der Waals surface area contributed by atoms with Crippen LogP contribution in [-0.4, -0.2) is 9.97 Å². The smallest absolute Gasteiger partial charge is 0.0476 e. The molecule has 0 atom stereocenters. The van der Waals surface area contributed by atoms with E-state index >= 15 is 0 Å². The lowest BCUT2D eigenvalue weighted by Gasteiger charge is -2.26. The molecule has 94 heavy (non-hydrogen) atoms. The molecule has 0 N–H and O–H groups in total. The summed E-state index contributed by atoms with van der Waals surface area (Å²) in [6.45, 7) is 0. The Hall–Kier alpha value is -11.8. The lowest BCUT2D eigenvalue weighted by Crippen LogP contribution is -2.09. The number of hydrogen-bond acceptors (Lipinski definition) is 6. The number of hydrogen-bond donors (Lipinski definition) is 0. The molecule has 0 spiro atoms. The largest absolute Gasteiger partial charge is 0.310 e. The van der Waals surface area contributed by atoms with Crippen LogP contribution in [0, 0.1) is 0 Å². The fraction of sp³-hybridized carbons (Fsp3) is 0. The number of nitrogens with zero attached hydrogens (tertiary/aromatic N) is 4. The minimum absolute atomic E-state index is 1.07. The monoisotopic (exact) mass is 1230 g/mol. The van der Waals surface area contributed by atoms with Gasteiger partial charge in [0.1, 0.15) is 0 Å². The van der Waals surface area contributed by atoms with E-state index in [4.69, 9.17) is 0 Å². The second kappa shape index (κ2) is 24.4. The Morgan fingerprint density at radius 1 is 0.191 bits per heavy atom. The second-order valence-corrected chi connectivity index (χ2v) is 25.7. The van der Waals surface area contributed by atoms with E-state index in [1.807, 2.05) is 47.5 Å². The van der Waals surface area contributed by atoms with Crippen LogP contribution in [-0.2, 0) is 0 Å². The first-order valence-corrected chi connectivity index (χ1v) is 33.4. The number of aromatic nitrogens is 2. The zero-order chi connectivity index (χ0) is 62.3. The number of benzene rings is 13. The van der Waals surface area contributed by atoms with Gasteiger partial charge in [0, 0.05) is 100.0 Å². The molecule has 0 fully saturated rings. The molecular weight excluding hydrogens is 1180 g/mol. The molecule has 0 amide bonds.